The normalized spacial score (nSPS) is 13.6. The topological polar surface area (TPSA) is 91.8 Å². The van der Waals surface area contributed by atoms with E-state index in [1.165, 1.54) is 11.3 Å². The lowest BCUT2D eigenvalue weighted by atomic mass is 9.90. The number of hydrogen-bond acceptors (Lipinski definition) is 7. The van der Waals surface area contributed by atoms with E-state index >= 15 is 0 Å². The van der Waals surface area contributed by atoms with Gasteiger partial charge in [-0.1, -0.05) is 31.7 Å². The van der Waals surface area contributed by atoms with E-state index in [2.05, 4.69) is 21.6 Å². The molecule has 0 fully saturated rings. The van der Waals surface area contributed by atoms with E-state index in [-0.39, 0.29) is 17.6 Å². The zero-order valence-electron chi connectivity index (χ0n) is 12.5. The van der Waals surface area contributed by atoms with E-state index in [1.807, 2.05) is 31.4 Å². The summed E-state index contributed by atoms with van der Waals surface area (Å²) in [6.07, 6.45) is 0. The molecular weight excluding hydrogens is 320 g/mol. The standard InChI is InChI=1S/C14H16N4O2S2/c1-9(2)14(3,8-15)16-11(19)7-22-13-18-17-12(20-13)10-5-4-6-21-10/h4-6,9H,7H2,1-3H3,(H,16,19). The third kappa shape index (κ3) is 3.87. The highest BCUT2D eigenvalue weighted by molar-refractivity contribution is 7.99. The van der Waals surface area contributed by atoms with Gasteiger partial charge in [-0.05, 0) is 24.3 Å². The molecular formula is C14H16N4O2S2. The second kappa shape index (κ2) is 6.94. The Morgan fingerprint density at radius 2 is 2.36 bits per heavy atom. The van der Waals surface area contributed by atoms with Crippen molar-refractivity contribution in [3.8, 4) is 16.8 Å². The van der Waals surface area contributed by atoms with Crippen LogP contribution in [0.2, 0.25) is 0 Å². The highest BCUT2D eigenvalue weighted by Gasteiger charge is 2.30. The summed E-state index contributed by atoms with van der Waals surface area (Å²) in [6, 6.07) is 5.93. The van der Waals surface area contributed by atoms with Crippen molar-refractivity contribution in [1.29, 1.82) is 5.26 Å². The zero-order chi connectivity index (χ0) is 16.2. The van der Waals surface area contributed by atoms with Gasteiger partial charge in [-0.25, -0.2) is 0 Å². The minimum atomic E-state index is -0.880. The highest BCUT2D eigenvalue weighted by atomic mass is 32.2. The van der Waals surface area contributed by atoms with Crippen LogP contribution in [0, 0.1) is 17.2 Å². The molecule has 2 aromatic rings. The van der Waals surface area contributed by atoms with Gasteiger partial charge in [-0.3, -0.25) is 4.79 Å². The number of carbonyl (C=O) groups is 1. The first-order valence-electron chi connectivity index (χ1n) is 6.67. The number of aromatic nitrogens is 2. The van der Waals surface area contributed by atoms with Crippen LogP contribution < -0.4 is 5.32 Å². The lowest BCUT2D eigenvalue weighted by Gasteiger charge is -2.27. The second-order valence-corrected chi connectivity index (χ2v) is 7.03. The average Bonchev–Trinajstić information content (AvgIpc) is 3.15. The van der Waals surface area contributed by atoms with E-state index in [9.17, 15) is 10.1 Å². The van der Waals surface area contributed by atoms with E-state index in [0.717, 1.165) is 16.6 Å². The summed E-state index contributed by atoms with van der Waals surface area (Å²) in [4.78, 5) is 12.8. The van der Waals surface area contributed by atoms with Gasteiger partial charge in [-0.2, -0.15) is 5.26 Å². The summed E-state index contributed by atoms with van der Waals surface area (Å²) in [5.74, 6) is 0.344. The van der Waals surface area contributed by atoms with Crippen LogP contribution in [0.15, 0.2) is 27.2 Å². The van der Waals surface area contributed by atoms with Gasteiger partial charge >= 0.3 is 0 Å². The van der Waals surface area contributed by atoms with E-state index < -0.39 is 5.54 Å². The fourth-order valence-electron chi connectivity index (χ4n) is 1.52. The van der Waals surface area contributed by atoms with Gasteiger partial charge in [0.05, 0.1) is 16.7 Å². The minimum absolute atomic E-state index is 0.0142. The Hall–Kier alpha value is -1.85. The maximum Gasteiger partial charge on any atom is 0.277 e. The summed E-state index contributed by atoms with van der Waals surface area (Å²) in [7, 11) is 0. The van der Waals surface area contributed by atoms with Crippen molar-refractivity contribution in [1.82, 2.24) is 15.5 Å². The molecule has 1 N–H and O–H groups in total. The van der Waals surface area contributed by atoms with E-state index in [4.69, 9.17) is 4.42 Å². The molecule has 0 saturated carbocycles. The van der Waals surface area contributed by atoms with Gasteiger partial charge in [0, 0.05) is 0 Å². The van der Waals surface area contributed by atoms with Crippen molar-refractivity contribution >= 4 is 29.0 Å². The summed E-state index contributed by atoms with van der Waals surface area (Å²) in [5.41, 5.74) is -0.880. The molecule has 2 heterocycles. The van der Waals surface area contributed by atoms with Gasteiger partial charge in [0.15, 0.2) is 0 Å². The summed E-state index contributed by atoms with van der Waals surface area (Å²) in [6.45, 7) is 5.49. The number of nitrogens with one attached hydrogen (secondary N) is 1. The van der Waals surface area contributed by atoms with Gasteiger partial charge in [0.25, 0.3) is 11.1 Å². The Bertz CT molecular complexity index is 675. The van der Waals surface area contributed by atoms with Crippen molar-refractivity contribution in [3.05, 3.63) is 17.5 Å². The van der Waals surface area contributed by atoms with Crippen molar-refractivity contribution < 1.29 is 9.21 Å². The van der Waals surface area contributed by atoms with Crippen molar-refractivity contribution in [2.45, 2.75) is 31.5 Å². The Morgan fingerprint density at radius 3 is 2.95 bits per heavy atom. The molecule has 0 saturated heterocycles. The smallest absolute Gasteiger partial charge is 0.277 e. The number of nitriles is 1. The quantitative estimate of drug-likeness (QED) is 0.815. The van der Waals surface area contributed by atoms with E-state index in [1.54, 1.807) is 6.92 Å². The zero-order valence-corrected chi connectivity index (χ0v) is 14.1. The third-order valence-electron chi connectivity index (χ3n) is 3.25. The van der Waals surface area contributed by atoms with E-state index in [0.29, 0.717) is 11.1 Å². The number of thioether (sulfide) groups is 1. The van der Waals surface area contributed by atoms with Gasteiger partial charge in [0.1, 0.15) is 5.54 Å². The SMILES string of the molecule is CC(C)C(C)(C#N)NC(=O)CSc1nnc(-c2cccs2)o1. The third-order valence-corrected chi connectivity index (χ3v) is 4.93. The van der Waals surface area contributed by atoms with Crippen molar-refractivity contribution in [3.63, 3.8) is 0 Å². The highest BCUT2D eigenvalue weighted by Crippen LogP contribution is 2.26. The van der Waals surface area contributed by atoms with Crippen LogP contribution in [-0.2, 0) is 4.79 Å². The molecule has 0 aliphatic rings. The van der Waals surface area contributed by atoms with Crippen LogP contribution in [0.4, 0.5) is 0 Å². The maximum atomic E-state index is 12.0. The molecule has 2 rings (SSSR count). The van der Waals surface area contributed by atoms with Gasteiger partial charge in [-0.15, -0.1) is 21.5 Å². The Kier molecular flexibility index (Phi) is 5.21. The summed E-state index contributed by atoms with van der Waals surface area (Å²) >= 11 is 2.66. The van der Waals surface area contributed by atoms with Crippen LogP contribution in [0.3, 0.4) is 0 Å². The average molecular weight is 336 g/mol. The van der Waals surface area contributed by atoms with Crippen LogP contribution >= 0.6 is 23.1 Å². The van der Waals surface area contributed by atoms with Gasteiger partial charge < -0.3 is 9.73 Å². The Balaban J connectivity index is 1.91. The molecule has 0 spiro atoms. The first-order chi connectivity index (χ1) is 10.4. The predicted octanol–water partition coefficient (Wildman–Crippen LogP) is 2.94. The molecule has 0 radical (unpaired) electrons. The van der Waals surface area contributed by atoms with Gasteiger partial charge in [0.2, 0.25) is 5.91 Å². The number of rotatable bonds is 6. The lowest BCUT2D eigenvalue weighted by molar-refractivity contribution is -0.120. The molecule has 116 valence electrons. The molecule has 1 unspecified atom stereocenters. The molecule has 0 aliphatic carbocycles. The molecule has 0 bridgehead atoms. The van der Waals surface area contributed by atoms with Crippen molar-refractivity contribution in [2.75, 3.05) is 5.75 Å². The maximum absolute atomic E-state index is 12.0. The lowest BCUT2D eigenvalue weighted by Crippen LogP contribution is -2.49. The first kappa shape index (κ1) is 16.5. The minimum Gasteiger partial charge on any atom is -0.410 e. The summed E-state index contributed by atoms with van der Waals surface area (Å²) < 4.78 is 5.49. The Morgan fingerprint density at radius 1 is 1.59 bits per heavy atom. The van der Waals surface area contributed by atoms with Crippen LogP contribution in [0.5, 0.6) is 0 Å². The van der Waals surface area contributed by atoms with Crippen LogP contribution in [-0.4, -0.2) is 27.4 Å². The fourth-order valence-corrected chi connectivity index (χ4v) is 2.73. The fraction of sp³-hybridized carbons (Fsp3) is 0.429. The monoisotopic (exact) mass is 336 g/mol. The molecule has 6 nitrogen and oxygen atoms in total. The molecule has 8 heteroatoms. The van der Waals surface area contributed by atoms with Crippen LogP contribution in [0.25, 0.3) is 10.8 Å². The molecule has 22 heavy (non-hydrogen) atoms. The Labute approximate surface area is 136 Å². The number of nitrogens with zero attached hydrogens (tertiary/aromatic N) is 3. The van der Waals surface area contributed by atoms with Crippen molar-refractivity contribution in [2.24, 2.45) is 5.92 Å². The predicted molar refractivity (Wildman–Crippen MR) is 85.3 cm³/mol. The number of carbonyl (C=O) groups excluding carboxylic acids is 1. The number of hydrogen-bond donors (Lipinski definition) is 1. The largest absolute Gasteiger partial charge is 0.410 e. The molecule has 0 aromatic carbocycles. The molecule has 1 amide bonds. The second-order valence-electron chi connectivity index (χ2n) is 5.16. The number of amides is 1. The molecule has 0 aliphatic heterocycles. The molecule has 2 aromatic heterocycles. The summed E-state index contributed by atoms with van der Waals surface area (Å²) in [5, 5.41) is 22.0. The first-order valence-corrected chi connectivity index (χ1v) is 8.53. The van der Waals surface area contributed by atoms with Crippen LogP contribution in [0.1, 0.15) is 20.8 Å². The molecule has 1 atom stereocenters. The number of thiophene rings is 1.